The van der Waals surface area contributed by atoms with Gasteiger partial charge >= 0.3 is 0 Å². The SMILES string of the molecule is COc1ccc(C2=C([Si](C)(C)C)CC3(C)CC[C@H](O)CC3=C2C)cc1. The second kappa shape index (κ2) is 6.44. The minimum Gasteiger partial charge on any atom is -0.497 e. The van der Waals surface area contributed by atoms with E-state index in [2.05, 4.69) is 57.8 Å². The molecule has 0 radical (unpaired) electrons. The summed E-state index contributed by atoms with van der Waals surface area (Å²) < 4.78 is 5.34. The quantitative estimate of drug-likeness (QED) is 0.715. The summed E-state index contributed by atoms with van der Waals surface area (Å²) >= 11 is 0. The van der Waals surface area contributed by atoms with Gasteiger partial charge in [-0.15, -0.1) is 0 Å². The summed E-state index contributed by atoms with van der Waals surface area (Å²) in [6, 6.07) is 8.51. The van der Waals surface area contributed by atoms with Crippen molar-refractivity contribution in [1.29, 1.82) is 0 Å². The zero-order valence-electron chi connectivity index (χ0n) is 16.6. The Hall–Kier alpha value is -1.32. The molecule has 0 bridgehead atoms. The summed E-state index contributed by atoms with van der Waals surface area (Å²) in [5, 5.41) is 12.0. The molecule has 2 aliphatic carbocycles. The highest BCUT2D eigenvalue weighted by Gasteiger charge is 2.43. The van der Waals surface area contributed by atoms with Crippen molar-refractivity contribution < 1.29 is 9.84 Å². The predicted molar refractivity (Wildman–Crippen MR) is 109 cm³/mol. The molecule has 2 atom stereocenters. The maximum atomic E-state index is 10.3. The fourth-order valence-electron chi connectivity index (χ4n) is 4.67. The van der Waals surface area contributed by atoms with Gasteiger partial charge in [0, 0.05) is 0 Å². The molecule has 1 saturated carbocycles. The van der Waals surface area contributed by atoms with Crippen LogP contribution in [0.25, 0.3) is 5.57 Å². The number of fused-ring (bicyclic) bond motifs is 1. The number of rotatable bonds is 3. The maximum absolute atomic E-state index is 10.3. The lowest BCUT2D eigenvalue weighted by Gasteiger charge is -2.46. The second-order valence-electron chi connectivity index (χ2n) is 9.07. The van der Waals surface area contributed by atoms with Gasteiger partial charge in [-0.05, 0) is 66.9 Å². The third-order valence-corrected chi connectivity index (χ3v) is 8.42. The van der Waals surface area contributed by atoms with Crippen molar-refractivity contribution >= 4 is 13.6 Å². The Morgan fingerprint density at radius 1 is 1.16 bits per heavy atom. The Morgan fingerprint density at radius 3 is 2.36 bits per heavy atom. The summed E-state index contributed by atoms with van der Waals surface area (Å²) in [5.74, 6) is 0.901. The van der Waals surface area contributed by atoms with Gasteiger partial charge in [-0.2, -0.15) is 0 Å². The highest BCUT2D eigenvalue weighted by atomic mass is 28.3. The average molecular weight is 357 g/mol. The predicted octanol–water partition coefficient (Wildman–Crippen LogP) is 5.60. The minimum absolute atomic E-state index is 0.177. The van der Waals surface area contributed by atoms with Crippen molar-refractivity contribution in [1.82, 2.24) is 0 Å². The van der Waals surface area contributed by atoms with Crippen molar-refractivity contribution in [2.24, 2.45) is 5.41 Å². The van der Waals surface area contributed by atoms with E-state index in [0.717, 1.165) is 31.4 Å². The van der Waals surface area contributed by atoms with E-state index in [9.17, 15) is 5.11 Å². The second-order valence-corrected chi connectivity index (χ2v) is 14.2. The van der Waals surface area contributed by atoms with Crippen molar-refractivity contribution in [2.75, 3.05) is 7.11 Å². The van der Waals surface area contributed by atoms with Crippen LogP contribution in [0.4, 0.5) is 0 Å². The number of hydrogen-bond donors (Lipinski definition) is 1. The first kappa shape index (κ1) is 18.5. The van der Waals surface area contributed by atoms with Crippen LogP contribution in [0.15, 0.2) is 40.6 Å². The van der Waals surface area contributed by atoms with Crippen molar-refractivity contribution in [2.45, 2.75) is 65.3 Å². The van der Waals surface area contributed by atoms with Crippen LogP contribution in [0.5, 0.6) is 5.75 Å². The van der Waals surface area contributed by atoms with Crippen LogP contribution in [0.2, 0.25) is 19.6 Å². The zero-order valence-corrected chi connectivity index (χ0v) is 17.6. The Kier molecular flexibility index (Phi) is 4.76. The van der Waals surface area contributed by atoms with Crippen molar-refractivity contribution in [3.05, 3.63) is 46.2 Å². The van der Waals surface area contributed by atoms with E-state index >= 15 is 0 Å². The van der Waals surface area contributed by atoms with E-state index in [1.807, 2.05) is 0 Å². The van der Waals surface area contributed by atoms with Crippen LogP contribution in [-0.2, 0) is 0 Å². The van der Waals surface area contributed by atoms with E-state index in [-0.39, 0.29) is 11.5 Å². The van der Waals surface area contributed by atoms with Crippen LogP contribution in [0.1, 0.15) is 45.1 Å². The zero-order chi connectivity index (χ0) is 18.4. The number of benzene rings is 1. The van der Waals surface area contributed by atoms with Gasteiger partial charge < -0.3 is 9.84 Å². The molecule has 0 spiro atoms. The van der Waals surface area contributed by atoms with Crippen LogP contribution < -0.4 is 4.74 Å². The van der Waals surface area contributed by atoms with Gasteiger partial charge in [-0.3, -0.25) is 0 Å². The molecule has 2 aliphatic rings. The lowest BCUT2D eigenvalue weighted by atomic mass is 9.63. The normalized spacial score (nSPS) is 27.4. The van der Waals surface area contributed by atoms with E-state index in [1.165, 1.54) is 22.3 Å². The fourth-order valence-corrected chi connectivity index (χ4v) is 6.67. The highest BCUT2D eigenvalue weighted by Crippen LogP contribution is 2.54. The Labute approximate surface area is 153 Å². The Balaban J connectivity index is 2.19. The molecular formula is C22H32O2Si. The van der Waals surface area contributed by atoms with Crippen LogP contribution in [0, 0.1) is 5.41 Å². The number of hydrogen-bond acceptors (Lipinski definition) is 2. The van der Waals surface area contributed by atoms with Crippen molar-refractivity contribution in [3.8, 4) is 5.75 Å². The molecule has 1 aromatic carbocycles. The lowest BCUT2D eigenvalue weighted by Crippen LogP contribution is -2.38. The third-order valence-electron chi connectivity index (χ3n) is 6.18. The molecule has 1 N–H and O–H groups in total. The van der Waals surface area contributed by atoms with E-state index < -0.39 is 8.07 Å². The average Bonchev–Trinajstić information content (AvgIpc) is 2.55. The molecule has 136 valence electrons. The van der Waals surface area contributed by atoms with Gasteiger partial charge in [0.15, 0.2) is 0 Å². The molecule has 3 rings (SSSR count). The Morgan fingerprint density at radius 2 is 1.80 bits per heavy atom. The van der Waals surface area contributed by atoms with Gasteiger partial charge in [-0.25, -0.2) is 0 Å². The smallest absolute Gasteiger partial charge is 0.118 e. The monoisotopic (exact) mass is 356 g/mol. The minimum atomic E-state index is -1.45. The topological polar surface area (TPSA) is 29.5 Å². The van der Waals surface area contributed by atoms with Crippen LogP contribution >= 0.6 is 0 Å². The van der Waals surface area contributed by atoms with Crippen LogP contribution in [0.3, 0.4) is 0 Å². The number of methoxy groups -OCH3 is 1. The maximum Gasteiger partial charge on any atom is 0.118 e. The molecule has 0 saturated heterocycles. The third kappa shape index (κ3) is 3.36. The molecule has 0 aliphatic heterocycles. The van der Waals surface area contributed by atoms with Crippen LogP contribution in [-0.4, -0.2) is 26.4 Å². The van der Waals surface area contributed by atoms with Gasteiger partial charge in [0.25, 0.3) is 0 Å². The number of aliphatic hydroxyl groups excluding tert-OH is 1. The van der Waals surface area contributed by atoms with Gasteiger partial charge in [0.1, 0.15) is 5.75 Å². The number of allylic oxidation sites excluding steroid dienone is 3. The number of aliphatic hydroxyl groups is 1. The summed E-state index contributed by atoms with van der Waals surface area (Å²) in [6.45, 7) is 12.1. The van der Waals surface area contributed by atoms with E-state index in [0.29, 0.717) is 0 Å². The molecule has 1 fully saturated rings. The summed E-state index contributed by atoms with van der Waals surface area (Å²) in [4.78, 5) is 0. The molecule has 0 aromatic heterocycles. The number of ether oxygens (including phenoxy) is 1. The van der Waals surface area contributed by atoms with Gasteiger partial charge in [0.2, 0.25) is 0 Å². The summed E-state index contributed by atoms with van der Waals surface area (Å²) in [7, 11) is 0.258. The van der Waals surface area contributed by atoms with Gasteiger partial charge in [0.05, 0.1) is 21.3 Å². The fraction of sp³-hybridized carbons (Fsp3) is 0.545. The lowest BCUT2D eigenvalue weighted by molar-refractivity contribution is 0.110. The van der Waals surface area contributed by atoms with E-state index in [4.69, 9.17) is 4.74 Å². The van der Waals surface area contributed by atoms with Crippen molar-refractivity contribution in [3.63, 3.8) is 0 Å². The largest absolute Gasteiger partial charge is 0.497 e. The first-order chi connectivity index (χ1) is 11.7. The molecule has 1 unspecified atom stereocenters. The van der Waals surface area contributed by atoms with Gasteiger partial charge in [-0.1, -0.05) is 49.5 Å². The molecule has 25 heavy (non-hydrogen) atoms. The molecule has 2 nitrogen and oxygen atoms in total. The Bertz CT molecular complexity index is 721. The molecule has 1 aromatic rings. The molecule has 0 heterocycles. The first-order valence-corrected chi connectivity index (χ1v) is 12.9. The molecule has 0 amide bonds. The highest BCUT2D eigenvalue weighted by molar-refractivity contribution is 6.84. The standard InChI is InChI=1S/C22H32O2Si/c1-15-19-13-17(23)11-12-22(19,2)14-20(25(4,5)6)21(15)16-7-9-18(24-3)10-8-16/h7-10,17,23H,11-14H2,1-6H3/t17-,22?/m0/s1. The van der Waals surface area contributed by atoms with E-state index in [1.54, 1.807) is 12.3 Å². The molecule has 3 heteroatoms. The summed E-state index contributed by atoms with van der Waals surface area (Å²) in [6.07, 6.45) is 3.85. The molecular weight excluding hydrogens is 324 g/mol. The summed E-state index contributed by atoms with van der Waals surface area (Å²) in [5.41, 5.74) is 5.87. The first-order valence-electron chi connectivity index (χ1n) is 9.42.